The number of aromatic nitrogens is 1. The average Bonchev–Trinajstić information content (AvgIpc) is 3.16. The first-order chi connectivity index (χ1) is 14.6. The van der Waals surface area contributed by atoms with Gasteiger partial charge in [0, 0.05) is 41.7 Å². The number of amides is 2. The Kier molecular flexibility index (Phi) is 6.14. The number of rotatable bonds is 7. The first kappa shape index (κ1) is 20.2. The zero-order valence-electron chi connectivity index (χ0n) is 17.1. The first-order valence-corrected chi connectivity index (χ1v) is 10.5. The normalized spacial score (nSPS) is 15.3. The van der Waals surface area contributed by atoms with E-state index in [9.17, 15) is 9.59 Å². The van der Waals surface area contributed by atoms with E-state index < -0.39 is 0 Å². The standard InChI is InChI=1S/C24H28N4O2/c25-24(30)18-10-12-28(13-11-18)16-17-4-3-5-20(14-17)27-23(29)9-8-19-15-26-22-7-2-1-6-21(19)22/h1-7,14-15,18,26H,8-13,16H2,(H2,25,30)(H,27,29). The molecule has 0 unspecified atom stereocenters. The Morgan fingerprint density at radius 3 is 2.70 bits per heavy atom. The molecule has 0 saturated carbocycles. The molecule has 1 aromatic heterocycles. The Morgan fingerprint density at radius 2 is 1.90 bits per heavy atom. The van der Waals surface area contributed by atoms with Crippen molar-refractivity contribution in [3.63, 3.8) is 0 Å². The Bertz CT molecular complexity index is 1030. The van der Waals surface area contributed by atoms with E-state index in [0.717, 1.165) is 54.8 Å². The number of aryl methyl sites for hydroxylation is 1. The number of benzene rings is 2. The summed E-state index contributed by atoms with van der Waals surface area (Å²) in [5.74, 6) is -0.171. The Hall–Kier alpha value is -3.12. The molecule has 6 nitrogen and oxygen atoms in total. The van der Waals surface area contributed by atoms with Gasteiger partial charge in [-0.05, 0) is 61.7 Å². The van der Waals surface area contributed by atoms with E-state index in [4.69, 9.17) is 5.73 Å². The number of aromatic amines is 1. The quantitative estimate of drug-likeness (QED) is 0.563. The third kappa shape index (κ3) is 4.89. The molecule has 6 heteroatoms. The van der Waals surface area contributed by atoms with Crippen LogP contribution in [-0.4, -0.2) is 34.8 Å². The Morgan fingerprint density at radius 1 is 1.10 bits per heavy atom. The minimum Gasteiger partial charge on any atom is -0.369 e. The number of nitrogens with two attached hydrogens (primary N) is 1. The molecular formula is C24H28N4O2. The number of primary amides is 1. The van der Waals surface area contributed by atoms with Gasteiger partial charge in [0.1, 0.15) is 0 Å². The molecule has 30 heavy (non-hydrogen) atoms. The molecule has 4 rings (SSSR count). The van der Waals surface area contributed by atoms with Crippen LogP contribution in [0.3, 0.4) is 0 Å². The molecule has 2 aromatic carbocycles. The van der Waals surface area contributed by atoms with E-state index in [1.54, 1.807) is 0 Å². The van der Waals surface area contributed by atoms with Gasteiger partial charge in [0.2, 0.25) is 11.8 Å². The highest BCUT2D eigenvalue weighted by atomic mass is 16.2. The van der Waals surface area contributed by atoms with E-state index in [1.807, 2.05) is 42.6 Å². The van der Waals surface area contributed by atoms with Crippen LogP contribution >= 0.6 is 0 Å². The Balaban J connectivity index is 1.29. The number of nitrogens with one attached hydrogen (secondary N) is 2. The summed E-state index contributed by atoms with van der Waals surface area (Å²) in [4.78, 5) is 29.4. The third-order valence-electron chi connectivity index (χ3n) is 5.90. The van der Waals surface area contributed by atoms with Gasteiger partial charge in [-0.2, -0.15) is 0 Å². The maximum atomic E-state index is 12.5. The number of carbonyl (C=O) groups is 2. The monoisotopic (exact) mass is 404 g/mol. The SMILES string of the molecule is NC(=O)C1CCN(Cc2cccc(NC(=O)CCc3c[nH]c4ccccc34)c2)CC1. The lowest BCUT2D eigenvalue weighted by Crippen LogP contribution is -2.38. The van der Waals surface area contributed by atoms with Crippen LogP contribution < -0.4 is 11.1 Å². The van der Waals surface area contributed by atoms with Crippen molar-refractivity contribution in [3.05, 3.63) is 65.9 Å². The highest BCUT2D eigenvalue weighted by Gasteiger charge is 2.23. The van der Waals surface area contributed by atoms with Crippen LogP contribution in [0.15, 0.2) is 54.7 Å². The third-order valence-corrected chi connectivity index (χ3v) is 5.90. The summed E-state index contributed by atoms with van der Waals surface area (Å²) in [6.45, 7) is 2.55. The second-order valence-electron chi connectivity index (χ2n) is 8.06. The molecule has 0 radical (unpaired) electrons. The number of H-pyrrole nitrogens is 1. The van der Waals surface area contributed by atoms with Crippen LogP contribution in [-0.2, 0) is 22.6 Å². The number of hydrogen-bond acceptors (Lipinski definition) is 3. The molecular weight excluding hydrogens is 376 g/mol. The maximum absolute atomic E-state index is 12.5. The largest absolute Gasteiger partial charge is 0.369 e. The summed E-state index contributed by atoms with van der Waals surface area (Å²) in [5.41, 5.74) is 9.65. The van der Waals surface area contributed by atoms with Gasteiger partial charge in [-0.25, -0.2) is 0 Å². The second-order valence-corrected chi connectivity index (χ2v) is 8.06. The van der Waals surface area contributed by atoms with Gasteiger partial charge in [-0.15, -0.1) is 0 Å². The highest BCUT2D eigenvalue weighted by molar-refractivity contribution is 5.91. The molecule has 1 fully saturated rings. The second kappa shape index (κ2) is 9.13. The zero-order valence-corrected chi connectivity index (χ0v) is 17.1. The molecule has 3 aromatic rings. The van der Waals surface area contributed by atoms with Crippen molar-refractivity contribution in [2.24, 2.45) is 11.7 Å². The highest BCUT2D eigenvalue weighted by Crippen LogP contribution is 2.21. The van der Waals surface area contributed by atoms with Crippen molar-refractivity contribution in [1.82, 2.24) is 9.88 Å². The summed E-state index contributed by atoms with van der Waals surface area (Å²) in [5, 5.41) is 4.20. The number of likely N-dealkylation sites (tertiary alicyclic amines) is 1. The number of carbonyl (C=O) groups excluding carboxylic acids is 2. The number of para-hydroxylation sites is 1. The number of piperidine rings is 1. The minimum absolute atomic E-state index is 0.00372. The molecule has 0 aliphatic carbocycles. The number of hydrogen-bond donors (Lipinski definition) is 3. The molecule has 4 N–H and O–H groups in total. The van der Waals surface area contributed by atoms with Crippen molar-refractivity contribution in [2.75, 3.05) is 18.4 Å². The lowest BCUT2D eigenvalue weighted by molar-refractivity contribution is -0.123. The van der Waals surface area contributed by atoms with E-state index in [2.05, 4.69) is 27.3 Å². The molecule has 1 aliphatic rings. The zero-order chi connectivity index (χ0) is 20.9. The van der Waals surface area contributed by atoms with Crippen molar-refractivity contribution in [1.29, 1.82) is 0 Å². The fourth-order valence-corrected chi connectivity index (χ4v) is 4.19. The molecule has 1 saturated heterocycles. The summed E-state index contributed by atoms with van der Waals surface area (Å²) in [6.07, 6.45) is 4.76. The molecule has 2 heterocycles. The van der Waals surface area contributed by atoms with Gasteiger partial charge < -0.3 is 16.0 Å². The van der Waals surface area contributed by atoms with Crippen LogP contribution in [0.2, 0.25) is 0 Å². The van der Waals surface area contributed by atoms with Gasteiger partial charge in [0.05, 0.1) is 0 Å². The smallest absolute Gasteiger partial charge is 0.224 e. The summed E-state index contributed by atoms with van der Waals surface area (Å²) in [6, 6.07) is 16.1. The van der Waals surface area contributed by atoms with Crippen molar-refractivity contribution in [3.8, 4) is 0 Å². The van der Waals surface area contributed by atoms with Crippen molar-refractivity contribution < 1.29 is 9.59 Å². The van der Waals surface area contributed by atoms with Gasteiger partial charge in [-0.1, -0.05) is 30.3 Å². The topological polar surface area (TPSA) is 91.2 Å². The van der Waals surface area contributed by atoms with Crippen molar-refractivity contribution in [2.45, 2.75) is 32.2 Å². The van der Waals surface area contributed by atoms with E-state index in [-0.39, 0.29) is 17.7 Å². The van der Waals surface area contributed by atoms with Crippen LogP contribution in [0.5, 0.6) is 0 Å². The predicted molar refractivity (Wildman–Crippen MR) is 119 cm³/mol. The van der Waals surface area contributed by atoms with Crippen LogP contribution in [0.1, 0.15) is 30.4 Å². The molecule has 1 aliphatic heterocycles. The predicted octanol–water partition coefficient (Wildman–Crippen LogP) is 3.44. The Labute approximate surface area is 176 Å². The van der Waals surface area contributed by atoms with Crippen LogP contribution in [0.25, 0.3) is 10.9 Å². The van der Waals surface area contributed by atoms with Crippen molar-refractivity contribution >= 4 is 28.4 Å². The minimum atomic E-state index is -0.188. The first-order valence-electron chi connectivity index (χ1n) is 10.5. The summed E-state index contributed by atoms with van der Waals surface area (Å²) < 4.78 is 0. The summed E-state index contributed by atoms with van der Waals surface area (Å²) in [7, 11) is 0. The molecule has 0 spiro atoms. The van der Waals surface area contributed by atoms with Gasteiger partial charge >= 0.3 is 0 Å². The molecule has 156 valence electrons. The fraction of sp³-hybridized carbons (Fsp3) is 0.333. The summed E-state index contributed by atoms with van der Waals surface area (Å²) >= 11 is 0. The number of fused-ring (bicyclic) bond motifs is 1. The number of anilines is 1. The number of nitrogens with zero attached hydrogens (tertiary/aromatic N) is 1. The van der Waals surface area contributed by atoms with Gasteiger partial charge in [0.15, 0.2) is 0 Å². The molecule has 2 amide bonds. The molecule has 0 bridgehead atoms. The van der Waals surface area contributed by atoms with E-state index >= 15 is 0 Å². The lowest BCUT2D eigenvalue weighted by atomic mass is 9.96. The van der Waals surface area contributed by atoms with E-state index in [0.29, 0.717) is 12.8 Å². The van der Waals surface area contributed by atoms with E-state index in [1.165, 1.54) is 5.39 Å². The van der Waals surface area contributed by atoms with Crippen LogP contribution in [0.4, 0.5) is 5.69 Å². The lowest BCUT2D eigenvalue weighted by Gasteiger charge is -2.30. The fourth-order valence-electron chi connectivity index (χ4n) is 4.19. The maximum Gasteiger partial charge on any atom is 0.224 e. The van der Waals surface area contributed by atoms with Crippen LogP contribution in [0, 0.1) is 5.92 Å². The average molecular weight is 405 g/mol. The van der Waals surface area contributed by atoms with Gasteiger partial charge in [0.25, 0.3) is 0 Å². The molecule has 0 atom stereocenters. The van der Waals surface area contributed by atoms with Gasteiger partial charge in [-0.3, -0.25) is 14.5 Å².